The van der Waals surface area contributed by atoms with E-state index in [0.717, 1.165) is 22.1 Å². The van der Waals surface area contributed by atoms with Crippen LogP contribution in [0.1, 0.15) is 0 Å². The molecule has 0 fully saturated rings. The van der Waals surface area contributed by atoms with Crippen LogP contribution in [0.5, 0.6) is 0 Å². The van der Waals surface area contributed by atoms with E-state index in [0.29, 0.717) is 5.84 Å². The van der Waals surface area contributed by atoms with Gasteiger partial charge in [0.25, 0.3) is 0 Å². The fraction of sp³-hybridized carbons (Fsp3) is 0.143. The summed E-state index contributed by atoms with van der Waals surface area (Å²) >= 11 is 0. The summed E-state index contributed by atoms with van der Waals surface area (Å²) < 4.78 is 5.00. The molecule has 19 heavy (non-hydrogen) atoms. The SMILES string of the molecule is CNC(=O)OCC1=Nc2cccc3cccc(c23)N1. The number of nitrogens with one attached hydrogen (secondary N) is 2. The molecule has 0 bridgehead atoms. The van der Waals surface area contributed by atoms with Crippen molar-refractivity contribution in [1.29, 1.82) is 0 Å². The van der Waals surface area contributed by atoms with Crippen LogP contribution in [0.2, 0.25) is 0 Å². The minimum Gasteiger partial charge on any atom is -0.441 e. The van der Waals surface area contributed by atoms with Crippen molar-refractivity contribution in [2.45, 2.75) is 0 Å². The molecule has 0 radical (unpaired) electrons. The van der Waals surface area contributed by atoms with Crippen LogP contribution in [-0.2, 0) is 4.74 Å². The second-order valence-corrected chi connectivity index (χ2v) is 4.19. The molecule has 1 heterocycles. The number of rotatable bonds is 2. The maximum Gasteiger partial charge on any atom is 0.407 e. The Kier molecular flexibility index (Phi) is 2.79. The molecule has 0 saturated carbocycles. The lowest BCUT2D eigenvalue weighted by molar-refractivity contribution is 0.164. The number of ether oxygens (including phenoxy) is 1. The number of carbonyl (C=O) groups excluding carboxylic acids is 1. The van der Waals surface area contributed by atoms with Crippen LogP contribution in [0, 0.1) is 0 Å². The first-order valence-electron chi connectivity index (χ1n) is 5.99. The van der Waals surface area contributed by atoms with Crippen LogP contribution in [0.3, 0.4) is 0 Å². The van der Waals surface area contributed by atoms with Crippen LogP contribution in [-0.4, -0.2) is 25.6 Å². The molecule has 2 N–H and O–H groups in total. The Labute approximate surface area is 110 Å². The lowest BCUT2D eigenvalue weighted by Gasteiger charge is -2.18. The van der Waals surface area contributed by atoms with Crippen molar-refractivity contribution in [3.05, 3.63) is 36.4 Å². The van der Waals surface area contributed by atoms with Crippen molar-refractivity contribution in [1.82, 2.24) is 5.32 Å². The molecule has 1 aliphatic rings. The third-order valence-corrected chi connectivity index (χ3v) is 2.96. The van der Waals surface area contributed by atoms with Crippen LogP contribution < -0.4 is 10.6 Å². The highest BCUT2D eigenvalue weighted by molar-refractivity contribution is 6.14. The van der Waals surface area contributed by atoms with Crippen molar-refractivity contribution >= 4 is 34.1 Å². The van der Waals surface area contributed by atoms with Gasteiger partial charge in [-0.25, -0.2) is 9.79 Å². The Morgan fingerprint density at radius 2 is 2.11 bits per heavy atom. The van der Waals surface area contributed by atoms with Gasteiger partial charge in [-0.2, -0.15) is 0 Å². The normalized spacial score (nSPS) is 12.6. The summed E-state index contributed by atoms with van der Waals surface area (Å²) in [6.45, 7) is 0.115. The highest BCUT2D eigenvalue weighted by atomic mass is 16.5. The van der Waals surface area contributed by atoms with Gasteiger partial charge < -0.3 is 15.4 Å². The minimum atomic E-state index is -0.471. The molecule has 1 aliphatic heterocycles. The van der Waals surface area contributed by atoms with Gasteiger partial charge in [0.2, 0.25) is 0 Å². The van der Waals surface area contributed by atoms with Crippen molar-refractivity contribution in [3.63, 3.8) is 0 Å². The summed E-state index contributed by atoms with van der Waals surface area (Å²) in [6.07, 6.45) is -0.471. The van der Waals surface area contributed by atoms with E-state index >= 15 is 0 Å². The smallest absolute Gasteiger partial charge is 0.407 e. The number of hydrogen-bond donors (Lipinski definition) is 2. The number of aliphatic imine (C=N–C) groups is 1. The maximum atomic E-state index is 11.1. The summed E-state index contributed by atoms with van der Waals surface area (Å²) in [5.74, 6) is 0.620. The zero-order valence-corrected chi connectivity index (χ0v) is 10.4. The number of amides is 1. The van der Waals surface area contributed by atoms with Crippen molar-refractivity contribution in [2.75, 3.05) is 19.0 Å². The summed E-state index contributed by atoms with van der Waals surface area (Å²) in [4.78, 5) is 15.5. The summed E-state index contributed by atoms with van der Waals surface area (Å²) in [5, 5.41) is 7.81. The quantitative estimate of drug-likeness (QED) is 0.867. The first-order chi connectivity index (χ1) is 9.28. The Hall–Kier alpha value is -2.56. The second-order valence-electron chi connectivity index (χ2n) is 4.19. The van der Waals surface area contributed by atoms with Crippen LogP contribution in [0.25, 0.3) is 10.8 Å². The maximum absolute atomic E-state index is 11.1. The summed E-state index contributed by atoms with van der Waals surface area (Å²) in [7, 11) is 1.52. The predicted octanol–water partition coefficient (Wildman–Crippen LogP) is 2.65. The highest BCUT2D eigenvalue weighted by Crippen LogP contribution is 2.35. The van der Waals surface area contributed by atoms with Gasteiger partial charge in [-0.3, -0.25) is 0 Å². The van der Waals surface area contributed by atoms with E-state index in [1.54, 1.807) is 0 Å². The second kappa shape index (κ2) is 4.61. The number of hydrogen-bond acceptors (Lipinski definition) is 4. The first kappa shape index (κ1) is 11.5. The molecule has 3 rings (SSSR count). The molecule has 0 atom stereocenters. The zero-order chi connectivity index (χ0) is 13.2. The molecular weight excluding hydrogens is 242 g/mol. The van der Waals surface area contributed by atoms with E-state index in [-0.39, 0.29) is 6.61 Å². The van der Waals surface area contributed by atoms with Gasteiger partial charge in [0.15, 0.2) is 6.61 Å². The van der Waals surface area contributed by atoms with E-state index in [4.69, 9.17) is 4.74 Å². The Morgan fingerprint density at radius 1 is 1.32 bits per heavy atom. The van der Waals surface area contributed by atoms with Gasteiger partial charge in [0.1, 0.15) is 5.84 Å². The van der Waals surface area contributed by atoms with Crippen molar-refractivity contribution < 1.29 is 9.53 Å². The third-order valence-electron chi connectivity index (χ3n) is 2.96. The van der Waals surface area contributed by atoms with Crippen LogP contribution in [0.15, 0.2) is 41.4 Å². The number of alkyl carbamates (subject to hydrolysis) is 1. The topological polar surface area (TPSA) is 62.7 Å². The van der Waals surface area contributed by atoms with Crippen LogP contribution >= 0.6 is 0 Å². The molecule has 2 aromatic rings. The first-order valence-corrected chi connectivity index (χ1v) is 5.99. The average molecular weight is 255 g/mol. The molecule has 0 saturated heterocycles. The fourth-order valence-corrected chi connectivity index (χ4v) is 2.12. The highest BCUT2D eigenvalue weighted by Gasteiger charge is 2.14. The van der Waals surface area contributed by atoms with E-state index in [1.165, 1.54) is 7.05 Å². The summed E-state index contributed by atoms with van der Waals surface area (Å²) in [5.41, 5.74) is 1.88. The molecule has 96 valence electrons. The molecule has 5 heteroatoms. The molecule has 5 nitrogen and oxygen atoms in total. The standard InChI is InChI=1S/C14H13N3O2/c1-15-14(18)19-8-12-16-10-6-2-4-9-5-3-7-11(17-12)13(9)10/h2-7H,8H2,1H3,(H,15,18)(H,16,17). The third kappa shape index (κ3) is 2.10. The van der Waals surface area contributed by atoms with E-state index in [9.17, 15) is 4.79 Å². The van der Waals surface area contributed by atoms with Gasteiger partial charge in [0, 0.05) is 18.1 Å². The summed E-state index contributed by atoms with van der Waals surface area (Å²) in [6, 6.07) is 12.0. The fourth-order valence-electron chi connectivity index (χ4n) is 2.12. The van der Waals surface area contributed by atoms with Crippen molar-refractivity contribution in [2.24, 2.45) is 4.99 Å². The molecule has 2 aromatic carbocycles. The number of benzene rings is 2. The minimum absolute atomic E-state index is 0.115. The molecule has 0 aromatic heterocycles. The molecule has 0 aliphatic carbocycles. The number of nitrogens with zero attached hydrogens (tertiary/aromatic N) is 1. The molecule has 0 unspecified atom stereocenters. The van der Waals surface area contributed by atoms with Gasteiger partial charge in [0.05, 0.1) is 5.69 Å². The van der Waals surface area contributed by atoms with Crippen LogP contribution in [0.4, 0.5) is 16.2 Å². The number of carbonyl (C=O) groups is 1. The lowest BCUT2D eigenvalue weighted by atomic mass is 10.1. The van der Waals surface area contributed by atoms with E-state index < -0.39 is 6.09 Å². The number of anilines is 1. The average Bonchev–Trinajstić information content (AvgIpc) is 2.45. The van der Waals surface area contributed by atoms with E-state index in [2.05, 4.69) is 15.6 Å². The Balaban J connectivity index is 1.94. The molecular formula is C14H13N3O2. The largest absolute Gasteiger partial charge is 0.441 e. The number of amidine groups is 1. The van der Waals surface area contributed by atoms with E-state index in [1.807, 2.05) is 36.4 Å². The van der Waals surface area contributed by atoms with Gasteiger partial charge in [-0.1, -0.05) is 24.3 Å². The Bertz CT molecular complexity index is 674. The Morgan fingerprint density at radius 3 is 2.89 bits per heavy atom. The molecule has 0 spiro atoms. The van der Waals surface area contributed by atoms with Gasteiger partial charge in [-0.05, 0) is 17.5 Å². The molecule has 1 amide bonds. The van der Waals surface area contributed by atoms with Gasteiger partial charge >= 0.3 is 6.09 Å². The lowest BCUT2D eigenvalue weighted by Crippen LogP contribution is -2.27. The van der Waals surface area contributed by atoms with Crippen molar-refractivity contribution in [3.8, 4) is 0 Å². The predicted molar refractivity (Wildman–Crippen MR) is 75.1 cm³/mol. The van der Waals surface area contributed by atoms with Gasteiger partial charge in [-0.15, -0.1) is 0 Å². The zero-order valence-electron chi connectivity index (χ0n) is 10.4. The monoisotopic (exact) mass is 255 g/mol.